The zero-order chi connectivity index (χ0) is 11.1. The predicted molar refractivity (Wildman–Crippen MR) is 53.9 cm³/mol. The minimum atomic E-state index is -1.14. The van der Waals surface area contributed by atoms with Gasteiger partial charge in [-0.15, -0.1) is 6.58 Å². The fraction of sp³-hybridized carbons (Fsp3) is 0.300. The zero-order valence-corrected chi connectivity index (χ0v) is 8.22. The summed E-state index contributed by atoms with van der Waals surface area (Å²) in [6.45, 7) is 3.98. The Bertz CT molecular complexity index is 352. The van der Waals surface area contributed by atoms with Gasteiger partial charge in [0.1, 0.15) is 0 Å². The number of carboxylic acid groups (broad SMARTS) is 1. The summed E-state index contributed by atoms with van der Waals surface area (Å²) in [6, 6.07) is 0. The highest BCUT2D eigenvalue weighted by molar-refractivity contribution is 5.87. The fourth-order valence-electron chi connectivity index (χ4n) is 0.974. The van der Waals surface area contributed by atoms with Gasteiger partial charge in [0.2, 0.25) is 11.6 Å². The van der Waals surface area contributed by atoms with E-state index < -0.39 is 5.97 Å². The molecule has 15 heavy (non-hydrogen) atoms. The second-order valence-electron chi connectivity index (χ2n) is 2.79. The molecule has 1 aromatic heterocycles. The molecule has 1 heterocycles. The molecule has 1 aromatic rings. The molecule has 0 aromatic carbocycles. The van der Waals surface area contributed by atoms with Gasteiger partial charge < -0.3 is 9.84 Å². The number of aromatic carboxylic acids is 1. The topological polar surface area (TPSA) is 72.3 Å². The van der Waals surface area contributed by atoms with Crippen LogP contribution < -0.4 is 4.74 Å². The average Bonchev–Trinajstić information content (AvgIpc) is 2.25. The molecule has 0 aliphatic carbocycles. The maximum Gasteiger partial charge on any atom is 0.360 e. The van der Waals surface area contributed by atoms with Crippen molar-refractivity contribution in [1.82, 2.24) is 9.97 Å². The summed E-state index contributed by atoms with van der Waals surface area (Å²) < 4.78 is 5.20. The maximum atomic E-state index is 10.7. The Balaban J connectivity index is 2.59. The SMILES string of the molecule is C=CCCCOc1nccnc1C(=O)O. The van der Waals surface area contributed by atoms with E-state index in [9.17, 15) is 4.79 Å². The van der Waals surface area contributed by atoms with E-state index in [0.717, 1.165) is 12.8 Å². The molecular formula is C10H12N2O3. The summed E-state index contributed by atoms with van der Waals surface area (Å²) in [6.07, 6.45) is 6.09. The van der Waals surface area contributed by atoms with Gasteiger partial charge in [0, 0.05) is 12.4 Å². The summed E-state index contributed by atoms with van der Waals surface area (Å²) >= 11 is 0. The van der Waals surface area contributed by atoms with Gasteiger partial charge in [-0.1, -0.05) is 6.08 Å². The lowest BCUT2D eigenvalue weighted by Crippen LogP contribution is -2.08. The van der Waals surface area contributed by atoms with Crippen LogP contribution in [0.4, 0.5) is 0 Å². The van der Waals surface area contributed by atoms with Crippen molar-refractivity contribution in [1.29, 1.82) is 0 Å². The smallest absolute Gasteiger partial charge is 0.360 e. The Kier molecular flexibility index (Phi) is 4.28. The van der Waals surface area contributed by atoms with Gasteiger partial charge in [0.25, 0.3) is 0 Å². The zero-order valence-electron chi connectivity index (χ0n) is 8.22. The van der Waals surface area contributed by atoms with Gasteiger partial charge in [0.05, 0.1) is 6.61 Å². The summed E-state index contributed by atoms with van der Waals surface area (Å²) in [5.74, 6) is -1.07. The minimum Gasteiger partial charge on any atom is -0.476 e. The van der Waals surface area contributed by atoms with Crippen LogP contribution in [-0.2, 0) is 0 Å². The molecule has 1 rings (SSSR count). The molecule has 0 spiro atoms. The monoisotopic (exact) mass is 208 g/mol. The normalized spacial score (nSPS) is 9.60. The van der Waals surface area contributed by atoms with Crippen LogP contribution in [0.2, 0.25) is 0 Å². The quantitative estimate of drug-likeness (QED) is 0.566. The maximum absolute atomic E-state index is 10.7. The van der Waals surface area contributed by atoms with Gasteiger partial charge in [-0.2, -0.15) is 0 Å². The number of carbonyl (C=O) groups is 1. The Morgan fingerprint density at radius 2 is 2.27 bits per heavy atom. The van der Waals surface area contributed by atoms with Crippen molar-refractivity contribution < 1.29 is 14.6 Å². The summed E-state index contributed by atoms with van der Waals surface area (Å²) in [5.41, 5.74) is -0.156. The van der Waals surface area contributed by atoms with E-state index in [1.165, 1.54) is 12.4 Å². The third-order valence-electron chi connectivity index (χ3n) is 1.66. The van der Waals surface area contributed by atoms with Crippen molar-refractivity contribution in [2.24, 2.45) is 0 Å². The fourth-order valence-corrected chi connectivity index (χ4v) is 0.974. The second kappa shape index (κ2) is 5.74. The number of ether oxygens (including phenoxy) is 1. The van der Waals surface area contributed by atoms with Gasteiger partial charge in [0.15, 0.2) is 0 Å². The number of carboxylic acids is 1. The van der Waals surface area contributed by atoms with Gasteiger partial charge in [-0.25, -0.2) is 14.8 Å². The number of aromatic nitrogens is 2. The summed E-state index contributed by atoms with van der Waals surface area (Å²) in [5, 5.41) is 8.77. The van der Waals surface area contributed by atoms with Gasteiger partial charge in [-0.05, 0) is 12.8 Å². The number of allylic oxidation sites excluding steroid dienone is 1. The number of rotatable bonds is 6. The molecule has 1 N–H and O–H groups in total. The highest BCUT2D eigenvalue weighted by Gasteiger charge is 2.13. The highest BCUT2D eigenvalue weighted by Crippen LogP contribution is 2.11. The molecule has 0 bridgehead atoms. The lowest BCUT2D eigenvalue weighted by atomic mass is 10.3. The molecule has 0 saturated heterocycles. The standard InChI is InChI=1S/C10H12N2O3/c1-2-3-4-7-15-9-8(10(13)14)11-5-6-12-9/h2,5-6H,1,3-4,7H2,(H,13,14). The van der Waals surface area contributed by atoms with Crippen LogP contribution in [0, 0.1) is 0 Å². The summed E-state index contributed by atoms with van der Waals surface area (Å²) in [4.78, 5) is 18.2. The first-order valence-corrected chi connectivity index (χ1v) is 4.53. The molecule has 5 heteroatoms. The average molecular weight is 208 g/mol. The van der Waals surface area contributed by atoms with Crippen molar-refractivity contribution in [2.45, 2.75) is 12.8 Å². The van der Waals surface area contributed by atoms with E-state index >= 15 is 0 Å². The van der Waals surface area contributed by atoms with Crippen LogP contribution in [-0.4, -0.2) is 27.7 Å². The third kappa shape index (κ3) is 3.38. The van der Waals surface area contributed by atoms with Crippen molar-refractivity contribution in [3.63, 3.8) is 0 Å². The minimum absolute atomic E-state index is 0.0639. The molecule has 0 saturated carbocycles. The molecule has 80 valence electrons. The van der Waals surface area contributed by atoms with Crippen molar-refractivity contribution in [2.75, 3.05) is 6.61 Å². The highest BCUT2D eigenvalue weighted by atomic mass is 16.5. The number of unbranched alkanes of at least 4 members (excludes halogenated alkanes) is 1. The van der Waals surface area contributed by atoms with Crippen molar-refractivity contribution in [3.05, 3.63) is 30.7 Å². The van der Waals surface area contributed by atoms with Crippen LogP contribution >= 0.6 is 0 Å². The number of hydrogen-bond donors (Lipinski definition) is 1. The Labute approximate surface area is 87.4 Å². The molecule has 0 radical (unpaired) electrons. The largest absolute Gasteiger partial charge is 0.476 e. The van der Waals surface area contributed by atoms with Crippen LogP contribution in [0.15, 0.2) is 25.0 Å². The molecule has 0 aliphatic heterocycles. The lowest BCUT2D eigenvalue weighted by molar-refractivity contribution is 0.0684. The van der Waals surface area contributed by atoms with Gasteiger partial charge >= 0.3 is 5.97 Å². The lowest BCUT2D eigenvalue weighted by Gasteiger charge is -2.05. The Morgan fingerprint density at radius 3 is 2.93 bits per heavy atom. The third-order valence-corrected chi connectivity index (χ3v) is 1.66. The van der Waals surface area contributed by atoms with Crippen LogP contribution in [0.3, 0.4) is 0 Å². The second-order valence-corrected chi connectivity index (χ2v) is 2.79. The predicted octanol–water partition coefficient (Wildman–Crippen LogP) is 1.52. The van der Waals surface area contributed by atoms with E-state index in [-0.39, 0.29) is 11.6 Å². The van der Waals surface area contributed by atoms with E-state index in [4.69, 9.17) is 9.84 Å². The first kappa shape index (κ1) is 11.2. The van der Waals surface area contributed by atoms with Gasteiger partial charge in [-0.3, -0.25) is 0 Å². The van der Waals surface area contributed by atoms with Crippen LogP contribution in [0.25, 0.3) is 0 Å². The molecule has 0 fully saturated rings. The van der Waals surface area contributed by atoms with Crippen LogP contribution in [0.5, 0.6) is 5.88 Å². The van der Waals surface area contributed by atoms with E-state index in [2.05, 4.69) is 16.5 Å². The van der Waals surface area contributed by atoms with E-state index in [1.54, 1.807) is 6.08 Å². The molecule has 5 nitrogen and oxygen atoms in total. The Morgan fingerprint density at radius 1 is 1.53 bits per heavy atom. The molecule has 0 atom stereocenters. The number of hydrogen-bond acceptors (Lipinski definition) is 4. The molecular weight excluding hydrogens is 196 g/mol. The Hall–Kier alpha value is -1.91. The molecule has 0 aliphatic rings. The van der Waals surface area contributed by atoms with E-state index in [1.807, 2.05) is 0 Å². The number of nitrogens with zero attached hydrogens (tertiary/aromatic N) is 2. The first-order valence-electron chi connectivity index (χ1n) is 4.53. The molecule has 0 amide bonds. The van der Waals surface area contributed by atoms with Crippen molar-refractivity contribution >= 4 is 5.97 Å². The summed E-state index contributed by atoms with van der Waals surface area (Å²) in [7, 11) is 0. The van der Waals surface area contributed by atoms with Crippen LogP contribution in [0.1, 0.15) is 23.3 Å². The first-order chi connectivity index (χ1) is 7.25. The molecule has 0 unspecified atom stereocenters. The van der Waals surface area contributed by atoms with E-state index in [0.29, 0.717) is 6.61 Å². The van der Waals surface area contributed by atoms with Crippen molar-refractivity contribution in [3.8, 4) is 5.88 Å².